The molecule has 170 valence electrons. The fourth-order valence-electron chi connectivity index (χ4n) is 4.62. The molecule has 0 bridgehead atoms. The topological polar surface area (TPSA) is 103 Å². The molecule has 1 aliphatic carbocycles. The van der Waals surface area contributed by atoms with E-state index in [9.17, 15) is 20.0 Å². The van der Waals surface area contributed by atoms with E-state index in [1.807, 2.05) is 36.1 Å². The minimum Gasteiger partial charge on any atom is -0.393 e. The highest BCUT2D eigenvalue weighted by atomic mass is 32.2. The highest BCUT2D eigenvalue weighted by Crippen LogP contribution is 2.38. The Morgan fingerprint density at radius 2 is 1.91 bits per heavy atom. The van der Waals surface area contributed by atoms with Gasteiger partial charge in [0.05, 0.1) is 41.2 Å². The van der Waals surface area contributed by atoms with Crippen LogP contribution < -0.4 is 0 Å². The van der Waals surface area contributed by atoms with Gasteiger partial charge in [0.2, 0.25) is 0 Å². The Bertz CT molecular complexity index is 1480. The first-order valence-electron chi connectivity index (χ1n) is 11.0. The summed E-state index contributed by atoms with van der Waals surface area (Å²) >= 11 is 1.30. The lowest BCUT2D eigenvalue weighted by Gasteiger charge is -2.27. The van der Waals surface area contributed by atoms with Crippen LogP contribution in [0.15, 0.2) is 52.6 Å². The van der Waals surface area contributed by atoms with Gasteiger partial charge in [-0.15, -0.1) is 0 Å². The maximum Gasteiger partial charge on any atom is 0.124 e. The number of rotatable bonds is 4. The molecule has 9 heteroatoms. The van der Waals surface area contributed by atoms with Crippen molar-refractivity contribution >= 4 is 17.3 Å². The van der Waals surface area contributed by atoms with Crippen LogP contribution >= 0.6 is 11.8 Å². The molecular formula is C25H21FN6OS. The zero-order valence-electron chi connectivity index (χ0n) is 18.4. The van der Waals surface area contributed by atoms with Gasteiger partial charge in [0, 0.05) is 32.8 Å². The molecule has 0 aliphatic heterocycles. The Balaban J connectivity index is 1.61. The van der Waals surface area contributed by atoms with Crippen LogP contribution in [0, 0.1) is 35.4 Å². The van der Waals surface area contributed by atoms with Gasteiger partial charge in [-0.2, -0.15) is 20.7 Å². The summed E-state index contributed by atoms with van der Waals surface area (Å²) < 4.78 is 17.3. The molecule has 3 aromatic heterocycles. The van der Waals surface area contributed by atoms with E-state index >= 15 is 0 Å². The van der Waals surface area contributed by atoms with Gasteiger partial charge in [-0.25, -0.2) is 8.91 Å². The summed E-state index contributed by atoms with van der Waals surface area (Å²) in [7, 11) is 0. The van der Waals surface area contributed by atoms with Gasteiger partial charge in [-0.05, 0) is 56.9 Å². The number of halogens is 1. The molecule has 34 heavy (non-hydrogen) atoms. The molecule has 0 amide bonds. The molecule has 1 fully saturated rings. The van der Waals surface area contributed by atoms with Crippen LogP contribution in [0.3, 0.4) is 0 Å². The Hall–Kier alpha value is -3.66. The fraction of sp³-hybridized carbons (Fsp3) is 0.280. The van der Waals surface area contributed by atoms with Gasteiger partial charge in [0.1, 0.15) is 18.0 Å². The average molecular weight is 473 g/mol. The van der Waals surface area contributed by atoms with E-state index in [0.29, 0.717) is 22.4 Å². The minimum absolute atomic E-state index is 0.155. The third-order valence-corrected chi connectivity index (χ3v) is 7.41. The highest BCUT2D eigenvalue weighted by Gasteiger charge is 2.25. The largest absolute Gasteiger partial charge is 0.393 e. The van der Waals surface area contributed by atoms with Crippen LogP contribution in [0.2, 0.25) is 0 Å². The van der Waals surface area contributed by atoms with Crippen molar-refractivity contribution in [1.82, 2.24) is 19.4 Å². The molecule has 1 aromatic carbocycles. The Labute approximate surface area is 200 Å². The van der Waals surface area contributed by atoms with Crippen LogP contribution in [-0.4, -0.2) is 30.6 Å². The second-order valence-electron chi connectivity index (χ2n) is 8.47. The van der Waals surface area contributed by atoms with Gasteiger partial charge >= 0.3 is 0 Å². The fourth-order valence-corrected chi connectivity index (χ4v) is 5.70. The van der Waals surface area contributed by atoms with Gasteiger partial charge in [-0.1, -0.05) is 11.8 Å². The van der Waals surface area contributed by atoms with Crippen molar-refractivity contribution in [3.8, 4) is 23.3 Å². The monoisotopic (exact) mass is 472 g/mol. The number of aliphatic hydroxyl groups excluding tert-OH is 1. The van der Waals surface area contributed by atoms with E-state index in [4.69, 9.17) is 0 Å². The molecule has 3 heterocycles. The van der Waals surface area contributed by atoms with Gasteiger partial charge in [0.15, 0.2) is 0 Å². The van der Waals surface area contributed by atoms with Crippen molar-refractivity contribution in [3.63, 3.8) is 0 Å². The predicted molar refractivity (Wildman–Crippen MR) is 125 cm³/mol. The molecule has 7 nitrogen and oxygen atoms in total. The molecule has 1 saturated carbocycles. The van der Waals surface area contributed by atoms with E-state index in [-0.39, 0.29) is 17.7 Å². The second-order valence-corrected chi connectivity index (χ2v) is 9.56. The third kappa shape index (κ3) is 3.94. The third-order valence-electron chi connectivity index (χ3n) is 6.30. The molecular weight excluding hydrogens is 451 g/mol. The van der Waals surface area contributed by atoms with Crippen LogP contribution in [0.5, 0.6) is 0 Å². The zero-order chi connectivity index (χ0) is 23.8. The van der Waals surface area contributed by atoms with E-state index in [1.165, 1.54) is 30.1 Å². The van der Waals surface area contributed by atoms with Crippen molar-refractivity contribution in [3.05, 3.63) is 65.5 Å². The number of benzene rings is 1. The van der Waals surface area contributed by atoms with E-state index in [2.05, 4.69) is 16.3 Å². The smallest absolute Gasteiger partial charge is 0.124 e. The summed E-state index contributed by atoms with van der Waals surface area (Å²) in [4.78, 5) is 1.33. The number of fused-ring (bicyclic) bond motifs is 1. The lowest BCUT2D eigenvalue weighted by Crippen LogP contribution is -2.23. The molecule has 1 N–H and O–H groups in total. The molecule has 0 spiro atoms. The molecule has 0 radical (unpaired) electrons. The quantitative estimate of drug-likeness (QED) is 0.448. The van der Waals surface area contributed by atoms with Crippen LogP contribution in [0.25, 0.3) is 16.6 Å². The number of hydrogen-bond donors (Lipinski definition) is 1. The molecule has 1 unspecified atom stereocenters. The van der Waals surface area contributed by atoms with E-state index < -0.39 is 5.82 Å². The lowest BCUT2D eigenvalue weighted by atomic mass is 9.93. The molecule has 4 aromatic rings. The van der Waals surface area contributed by atoms with Gasteiger partial charge < -0.3 is 5.11 Å². The second kappa shape index (κ2) is 8.94. The van der Waals surface area contributed by atoms with Crippen LogP contribution in [0.4, 0.5) is 4.39 Å². The van der Waals surface area contributed by atoms with Crippen molar-refractivity contribution in [2.75, 3.05) is 0 Å². The first-order chi connectivity index (χ1) is 16.5. The molecule has 0 saturated heterocycles. The van der Waals surface area contributed by atoms with E-state index in [0.717, 1.165) is 41.0 Å². The SMILES string of the molecule is Cc1c(-c2cc(Sc3ccc(F)cc3C#N)c3c(C#N)cnn3c2)cnn1C1CCC[C@H](O)C1. The predicted octanol–water partition coefficient (Wildman–Crippen LogP) is 5.02. The normalized spacial score (nSPS) is 18.0. The number of nitrogens with zero attached hydrogens (tertiary/aromatic N) is 6. The van der Waals surface area contributed by atoms with Crippen molar-refractivity contribution in [2.24, 2.45) is 0 Å². The maximum absolute atomic E-state index is 13.7. The maximum atomic E-state index is 13.7. The Kier molecular flexibility index (Phi) is 5.82. The zero-order valence-corrected chi connectivity index (χ0v) is 19.3. The first-order valence-corrected chi connectivity index (χ1v) is 11.8. The summed E-state index contributed by atoms with van der Waals surface area (Å²) in [5.41, 5.74) is 4.05. The summed E-state index contributed by atoms with van der Waals surface area (Å²) in [5.74, 6) is -0.474. The number of pyridine rings is 1. The number of hydrogen-bond acceptors (Lipinski definition) is 6. The van der Waals surface area contributed by atoms with Crippen molar-refractivity contribution in [1.29, 1.82) is 10.5 Å². The summed E-state index contributed by atoms with van der Waals surface area (Å²) in [6, 6.07) is 10.4. The van der Waals surface area contributed by atoms with Gasteiger partial charge in [0.25, 0.3) is 0 Å². The van der Waals surface area contributed by atoms with Gasteiger partial charge in [-0.3, -0.25) is 4.68 Å². The average Bonchev–Trinajstić information content (AvgIpc) is 3.43. The van der Waals surface area contributed by atoms with Crippen LogP contribution in [0.1, 0.15) is 48.5 Å². The van der Waals surface area contributed by atoms with Crippen molar-refractivity contribution in [2.45, 2.75) is 54.5 Å². The van der Waals surface area contributed by atoms with E-state index in [1.54, 1.807) is 10.6 Å². The Morgan fingerprint density at radius 1 is 1.09 bits per heavy atom. The molecule has 5 rings (SSSR count). The molecule has 1 aliphatic rings. The minimum atomic E-state index is -0.474. The lowest BCUT2D eigenvalue weighted by molar-refractivity contribution is 0.0995. The Morgan fingerprint density at radius 3 is 2.68 bits per heavy atom. The summed E-state index contributed by atoms with van der Waals surface area (Å²) in [6.07, 6.45) is 8.35. The summed E-state index contributed by atoms with van der Waals surface area (Å²) in [5, 5.41) is 38.2. The number of aromatic nitrogens is 4. The summed E-state index contributed by atoms with van der Waals surface area (Å²) in [6.45, 7) is 2.01. The van der Waals surface area contributed by atoms with Crippen LogP contribution in [-0.2, 0) is 0 Å². The standard InChI is InChI=1S/C25H21FN6OS/c1-15-22(13-30-32(15)20-3-2-4-21(33)9-20)17-8-24(25-18(11-28)12-29-31(25)14-17)34-23-6-5-19(26)7-16(23)10-27/h5-8,12-14,20-21,33H,2-4,9H2,1H3/t20?,21-/m0/s1. The number of nitriles is 2. The number of aliphatic hydroxyl groups is 1. The molecule has 2 atom stereocenters. The first kappa shape index (κ1) is 22.1. The van der Waals surface area contributed by atoms with Crippen molar-refractivity contribution < 1.29 is 9.50 Å². The highest BCUT2D eigenvalue weighted by molar-refractivity contribution is 7.99.